The van der Waals surface area contributed by atoms with Crippen LogP contribution in [0.2, 0.25) is 0 Å². The van der Waals surface area contributed by atoms with Crippen LogP contribution in [0.3, 0.4) is 0 Å². The van der Waals surface area contributed by atoms with Crippen molar-refractivity contribution in [2.24, 2.45) is 0 Å². The van der Waals surface area contributed by atoms with Gasteiger partial charge >= 0.3 is 7.12 Å². The fourth-order valence-electron chi connectivity index (χ4n) is 10.1. The maximum Gasteiger partial charge on any atom is 0.490 e. The van der Waals surface area contributed by atoms with Crippen molar-refractivity contribution >= 4 is 68.8 Å². The van der Waals surface area contributed by atoms with E-state index >= 15 is 8.78 Å². The van der Waals surface area contributed by atoms with Crippen LogP contribution < -0.4 is 35.4 Å². The van der Waals surface area contributed by atoms with Gasteiger partial charge in [0.15, 0.2) is 0 Å². The molecular formula is C63H61BF4N12O6. The van der Waals surface area contributed by atoms with Crippen LogP contribution in [0, 0.1) is 57.9 Å². The number of nitrogens with zero attached hydrogens (tertiary/aromatic N) is 10. The van der Waals surface area contributed by atoms with Crippen LogP contribution in [0.1, 0.15) is 28.1 Å². The number of pyridine rings is 8. The first-order valence-corrected chi connectivity index (χ1v) is 27.6. The van der Waals surface area contributed by atoms with Crippen molar-refractivity contribution in [3.8, 4) is 45.7 Å². The van der Waals surface area contributed by atoms with Crippen molar-refractivity contribution < 1.29 is 46.6 Å². The van der Waals surface area contributed by atoms with Crippen LogP contribution in [0.25, 0.3) is 55.7 Å². The van der Waals surface area contributed by atoms with Crippen molar-refractivity contribution in [3.05, 3.63) is 173 Å². The number of benzene rings is 2. The molecule has 0 unspecified atom stereocenters. The van der Waals surface area contributed by atoms with Gasteiger partial charge in [-0.15, -0.1) is 0 Å². The molecule has 12 rings (SSSR count). The summed E-state index contributed by atoms with van der Waals surface area (Å²) in [6.45, 7) is 14.6. The van der Waals surface area contributed by atoms with Gasteiger partial charge in [-0.05, 0) is 76.6 Å². The van der Waals surface area contributed by atoms with Gasteiger partial charge in [0.1, 0.15) is 34.9 Å². The molecule has 10 heterocycles. The van der Waals surface area contributed by atoms with E-state index in [0.717, 1.165) is 70.5 Å². The zero-order valence-corrected chi connectivity index (χ0v) is 48.3. The maximum absolute atomic E-state index is 15.5. The Kier molecular flexibility index (Phi) is 18.5. The van der Waals surface area contributed by atoms with Crippen molar-refractivity contribution in [1.29, 1.82) is 0 Å². The summed E-state index contributed by atoms with van der Waals surface area (Å²) < 4.78 is 80.1. The van der Waals surface area contributed by atoms with Crippen molar-refractivity contribution in [3.63, 3.8) is 0 Å². The van der Waals surface area contributed by atoms with Gasteiger partial charge in [-0.25, -0.2) is 47.5 Å². The Morgan fingerprint density at radius 3 is 1.47 bits per heavy atom. The number of methoxy groups -OCH3 is 2. The zero-order valence-electron chi connectivity index (χ0n) is 48.3. The van der Waals surface area contributed by atoms with Gasteiger partial charge in [0.25, 0.3) is 0 Å². The number of halogens is 4. The molecule has 8 aromatic heterocycles. The molecule has 0 aliphatic carbocycles. The summed E-state index contributed by atoms with van der Waals surface area (Å²) >= 11 is 0. The first-order chi connectivity index (χ1) is 41.6. The molecule has 23 heteroatoms. The van der Waals surface area contributed by atoms with Crippen LogP contribution in [0.4, 0.5) is 51.9 Å². The minimum Gasteiger partial charge on any atom is -0.481 e. The average Bonchev–Trinajstić information content (AvgIpc) is 1.17. The smallest absolute Gasteiger partial charge is 0.481 e. The Bertz CT molecular complexity index is 4070. The molecule has 0 saturated carbocycles. The van der Waals surface area contributed by atoms with E-state index in [1.165, 1.54) is 19.2 Å². The second kappa shape index (κ2) is 26.7. The minimum absolute atomic E-state index is 0.183. The molecule has 0 atom stereocenters. The van der Waals surface area contributed by atoms with Crippen molar-refractivity contribution in [1.82, 2.24) is 39.9 Å². The highest BCUT2D eigenvalue weighted by Gasteiger charge is 2.24. The van der Waals surface area contributed by atoms with Crippen LogP contribution in [0.15, 0.2) is 122 Å². The van der Waals surface area contributed by atoms with Crippen molar-refractivity contribution in [2.45, 2.75) is 34.6 Å². The van der Waals surface area contributed by atoms with E-state index in [-0.39, 0.29) is 21.8 Å². The van der Waals surface area contributed by atoms with Gasteiger partial charge < -0.3 is 49.4 Å². The molecule has 0 bridgehead atoms. The number of ether oxygens (including phenoxy) is 4. The topological polar surface area (TPSA) is 211 Å². The Labute approximate surface area is 494 Å². The summed E-state index contributed by atoms with van der Waals surface area (Å²) in [6, 6.07) is 26.0. The zero-order chi connectivity index (χ0) is 60.6. The summed E-state index contributed by atoms with van der Waals surface area (Å²) in [5.41, 5.74) is 10.8. The SMILES string of the molecule is COc1ccc(-c2cnc(N3CCOCC3)cc2Nc2c(C)c(-c3ccccn3)nc3cc(F)cc(F)c23)c(C)n1.COc1ccc(B(O)O)c(C)n1.Cc1cnc(N2CCOCC2)cc1Nc1c(C)c(-c2ccccn2)nc2cc(F)cc(F)c12. The molecule has 2 aliphatic rings. The van der Waals surface area contributed by atoms with E-state index in [1.54, 1.807) is 63.1 Å². The molecule has 4 N–H and O–H groups in total. The fraction of sp³-hybridized carbons (Fsp3) is 0.238. The molecule has 0 spiro atoms. The summed E-state index contributed by atoms with van der Waals surface area (Å²) in [5, 5.41) is 25.0. The van der Waals surface area contributed by atoms with E-state index in [1.807, 2.05) is 76.2 Å². The van der Waals surface area contributed by atoms with E-state index in [4.69, 9.17) is 34.0 Å². The van der Waals surface area contributed by atoms with Crippen LogP contribution >= 0.6 is 0 Å². The molecule has 18 nitrogen and oxygen atoms in total. The number of aryl methyl sites for hydroxylation is 3. The molecule has 2 fully saturated rings. The summed E-state index contributed by atoms with van der Waals surface area (Å²) in [5.74, 6) is -0.221. The third-order valence-corrected chi connectivity index (χ3v) is 14.6. The molecule has 2 aromatic carbocycles. The van der Waals surface area contributed by atoms with Gasteiger partial charge in [0.2, 0.25) is 11.8 Å². The Balaban J connectivity index is 0.000000163. The van der Waals surface area contributed by atoms with E-state index < -0.39 is 30.4 Å². The van der Waals surface area contributed by atoms with Crippen LogP contribution in [-0.2, 0) is 9.47 Å². The van der Waals surface area contributed by atoms with E-state index in [9.17, 15) is 8.78 Å². The summed E-state index contributed by atoms with van der Waals surface area (Å²) in [4.78, 5) is 40.2. The van der Waals surface area contributed by atoms with E-state index in [2.05, 4.69) is 55.3 Å². The van der Waals surface area contributed by atoms with Gasteiger partial charge in [0.05, 0.1) is 102 Å². The number of nitrogens with one attached hydrogen (secondary N) is 2. The summed E-state index contributed by atoms with van der Waals surface area (Å²) in [6.07, 6.45) is 6.91. The molecular weight excluding hydrogens is 1110 g/mol. The predicted molar refractivity (Wildman–Crippen MR) is 325 cm³/mol. The average molecular weight is 1170 g/mol. The van der Waals surface area contributed by atoms with Crippen LogP contribution in [0.5, 0.6) is 11.8 Å². The Hall–Kier alpha value is -9.42. The van der Waals surface area contributed by atoms with Crippen LogP contribution in [-0.4, -0.2) is 124 Å². The highest BCUT2D eigenvalue weighted by Crippen LogP contribution is 2.42. The number of anilines is 6. The van der Waals surface area contributed by atoms with Gasteiger partial charge in [-0.2, -0.15) is 0 Å². The van der Waals surface area contributed by atoms with Gasteiger partial charge in [-0.1, -0.05) is 18.2 Å². The normalized spacial score (nSPS) is 13.1. The first kappa shape index (κ1) is 59.7. The molecule has 86 heavy (non-hydrogen) atoms. The molecule has 2 saturated heterocycles. The second-order valence-electron chi connectivity index (χ2n) is 20.2. The molecule has 440 valence electrons. The summed E-state index contributed by atoms with van der Waals surface area (Å²) in [7, 11) is 1.61. The third kappa shape index (κ3) is 13.2. The quantitative estimate of drug-likeness (QED) is 0.0662. The standard InChI is InChI=1S/C31H28F2N6O2.C25H23F2N5O.C7H10BNO3/c1-18-30(24-6-4-5-9-34-24)38-26-15-20(32)14-23(33)29(26)31(18)37-25-16-27(39-10-12-41-13-11-39)35-17-22(25)21-7-8-28(40-3)36-19(21)2;1-15-14-29-22(32-7-9-33-10-8-32)13-20(15)30-25-16(2)24(19-5-3-4-6-28-19)31-21-12-17(26)11-18(27)23(21)25;1-5-6(8(10)11)3-4-7(9-5)12-2/h4-9,14-17H,10-13H2,1-3H3,(H,35,37,38);3-6,11-14H,7-10H2,1-2H3,(H,29,30,31);3-4,10-11H,1-2H3. The highest BCUT2D eigenvalue weighted by atomic mass is 19.1. The Morgan fingerprint density at radius 1 is 0.523 bits per heavy atom. The minimum atomic E-state index is -1.47. The van der Waals surface area contributed by atoms with E-state index in [0.29, 0.717) is 108 Å². The van der Waals surface area contributed by atoms with Gasteiger partial charge in [-0.3, -0.25) is 9.97 Å². The fourth-order valence-corrected chi connectivity index (χ4v) is 10.1. The molecule has 0 radical (unpaired) electrons. The van der Waals surface area contributed by atoms with Crippen molar-refractivity contribution in [2.75, 3.05) is 87.3 Å². The Morgan fingerprint density at radius 2 is 1.00 bits per heavy atom. The number of hydrogen-bond acceptors (Lipinski definition) is 18. The lowest BCUT2D eigenvalue weighted by Crippen LogP contribution is -2.36. The molecule has 0 amide bonds. The largest absolute Gasteiger partial charge is 0.490 e. The first-order valence-electron chi connectivity index (χ1n) is 27.6. The number of hydrogen-bond donors (Lipinski definition) is 4. The molecule has 10 aromatic rings. The number of morpholine rings is 2. The maximum atomic E-state index is 15.5. The number of aromatic nitrogens is 8. The second-order valence-corrected chi connectivity index (χ2v) is 20.2. The number of rotatable bonds is 12. The lowest BCUT2D eigenvalue weighted by atomic mass is 9.79. The lowest BCUT2D eigenvalue weighted by molar-refractivity contribution is 0.122. The third-order valence-electron chi connectivity index (χ3n) is 14.6. The predicted octanol–water partition coefficient (Wildman–Crippen LogP) is 10.5. The molecule has 2 aliphatic heterocycles. The monoisotopic (exact) mass is 1170 g/mol. The lowest BCUT2D eigenvalue weighted by Gasteiger charge is -2.29. The number of fused-ring (bicyclic) bond motifs is 2. The van der Waals surface area contributed by atoms with Gasteiger partial charge in [0, 0.05) is 138 Å². The highest BCUT2D eigenvalue weighted by molar-refractivity contribution is 6.59.